The number of hydrogen-bond acceptors (Lipinski definition) is 4. The van der Waals surface area contributed by atoms with Crippen LogP contribution in [0.1, 0.15) is 27.9 Å². The number of anilines is 1. The maximum atomic E-state index is 13.7. The summed E-state index contributed by atoms with van der Waals surface area (Å²) in [7, 11) is 0. The van der Waals surface area contributed by atoms with Gasteiger partial charge in [0.25, 0.3) is 5.91 Å². The Bertz CT molecular complexity index is 1400. The quantitative estimate of drug-likeness (QED) is 0.325. The summed E-state index contributed by atoms with van der Waals surface area (Å²) in [6, 6.07) is 18.3. The van der Waals surface area contributed by atoms with Crippen LogP contribution in [0.4, 0.5) is 5.13 Å². The molecule has 0 saturated carbocycles. The number of benzene rings is 3. The lowest BCUT2D eigenvalue weighted by Crippen LogP contribution is -2.32. The average Bonchev–Trinajstić information content (AvgIpc) is 3.46. The van der Waals surface area contributed by atoms with Gasteiger partial charge in [-0.05, 0) is 60.4 Å². The second-order valence-electron chi connectivity index (χ2n) is 8.10. The van der Waals surface area contributed by atoms with E-state index in [9.17, 15) is 4.79 Å². The molecule has 3 aromatic carbocycles. The number of amides is 1. The van der Waals surface area contributed by atoms with Crippen molar-refractivity contribution in [2.24, 2.45) is 0 Å². The predicted molar refractivity (Wildman–Crippen MR) is 132 cm³/mol. The van der Waals surface area contributed by atoms with Crippen molar-refractivity contribution in [3.63, 3.8) is 0 Å². The van der Waals surface area contributed by atoms with Crippen LogP contribution in [0.2, 0.25) is 0 Å². The minimum Gasteiger partial charge on any atom is -0.337 e. The topological polar surface area (TPSA) is 51.0 Å². The van der Waals surface area contributed by atoms with Gasteiger partial charge in [-0.15, -0.1) is 0 Å². The van der Waals surface area contributed by atoms with E-state index in [0.29, 0.717) is 12.1 Å². The molecular formula is C26H24N4OS. The standard InChI is InChI=1S/C26H24N4OS/c1-18-14-19(2)24-23(15-18)28-26(32-24)30(12-5-11-29-13-10-27-17-29)25(31)22-9-8-20-6-3-4-7-21(20)16-22/h3-4,6-10,13-17H,5,11-12H2,1-2H3. The Morgan fingerprint density at radius 2 is 1.91 bits per heavy atom. The third-order valence-electron chi connectivity index (χ3n) is 5.64. The minimum absolute atomic E-state index is 0.0187. The molecule has 0 fully saturated rings. The lowest BCUT2D eigenvalue weighted by molar-refractivity contribution is 0.0986. The van der Waals surface area contributed by atoms with Crippen LogP contribution in [0.5, 0.6) is 0 Å². The Kier molecular flexibility index (Phi) is 5.45. The SMILES string of the molecule is Cc1cc(C)c2sc(N(CCCn3ccnc3)C(=O)c3ccc4ccccc4c3)nc2c1. The van der Waals surface area contributed by atoms with Crippen LogP contribution < -0.4 is 4.90 Å². The van der Waals surface area contributed by atoms with Gasteiger partial charge in [0.05, 0.1) is 16.5 Å². The maximum absolute atomic E-state index is 13.7. The van der Waals surface area contributed by atoms with Crippen molar-refractivity contribution in [1.82, 2.24) is 14.5 Å². The molecule has 5 nitrogen and oxygen atoms in total. The normalized spacial score (nSPS) is 11.3. The average molecular weight is 441 g/mol. The first-order chi connectivity index (χ1) is 15.6. The zero-order valence-electron chi connectivity index (χ0n) is 18.2. The van der Waals surface area contributed by atoms with Crippen LogP contribution in [-0.2, 0) is 6.54 Å². The summed E-state index contributed by atoms with van der Waals surface area (Å²) in [5.74, 6) is -0.0187. The number of imidazole rings is 1. The molecule has 32 heavy (non-hydrogen) atoms. The molecule has 5 aromatic rings. The van der Waals surface area contributed by atoms with Crippen molar-refractivity contribution in [2.45, 2.75) is 26.8 Å². The molecule has 0 bridgehead atoms. The smallest absolute Gasteiger partial charge is 0.260 e. The number of carbonyl (C=O) groups excluding carboxylic acids is 1. The van der Waals surface area contributed by atoms with E-state index in [1.54, 1.807) is 23.9 Å². The number of hydrogen-bond donors (Lipinski definition) is 0. The second kappa shape index (κ2) is 8.55. The summed E-state index contributed by atoms with van der Waals surface area (Å²) in [4.78, 5) is 24.5. The van der Waals surface area contributed by atoms with E-state index in [-0.39, 0.29) is 5.91 Å². The van der Waals surface area contributed by atoms with Crippen LogP contribution >= 0.6 is 11.3 Å². The fraction of sp³-hybridized carbons (Fsp3) is 0.192. The zero-order valence-corrected chi connectivity index (χ0v) is 19.0. The van der Waals surface area contributed by atoms with Gasteiger partial charge in [0.2, 0.25) is 0 Å². The fourth-order valence-electron chi connectivity index (χ4n) is 4.07. The van der Waals surface area contributed by atoms with Gasteiger partial charge < -0.3 is 4.57 Å². The lowest BCUT2D eigenvalue weighted by Gasteiger charge is -2.20. The Morgan fingerprint density at radius 1 is 1.06 bits per heavy atom. The highest BCUT2D eigenvalue weighted by molar-refractivity contribution is 7.22. The third-order valence-corrected chi connectivity index (χ3v) is 6.87. The fourth-order valence-corrected chi connectivity index (χ4v) is 5.11. The van der Waals surface area contributed by atoms with Crippen molar-refractivity contribution in [3.05, 3.63) is 90.0 Å². The van der Waals surface area contributed by atoms with Crippen molar-refractivity contribution in [3.8, 4) is 0 Å². The van der Waals surface area contributed by atoms with Gasteiger partial charge in [-0.3, -0.25) is 9.69 Å². The van der Waals surface area contributed by atoms with Crippen molar-refractivity contribution < 1.29 is 4.79 Å². The molecule has 0 unspecified atom stereocenters. The first kappa shape index (κ1) is 20.4. The van der Waals surface area contributed by atoms with E-state index < -0.39 is 0 Å². The first-order valence-corrected chi connectivity index (χ1v) is 11.5. The summed E-state index contributed by atoms with van der Waals surface area (Å²) in [6.45, 7) is 5.56. The molecule has 0 aliphatic rings. The lowest BCUT2D eigenvalue weighted by atomic mass is 10.1. The van der Waals surface area contributed by atoms with Gasteiger partial charge in [0, 0.05) is 31.0 Å². The molecule has 0 aliphatic heterocycles. The number of aryl methyl sites for hydroxylation is 3. The molecular weight excluding hydrogens is 416 g/mol. The molecule has 0 aliphatic carbocycles. The van der Waals surface area contributed by atoms with Gasteiger partial charge in [0.1, 0.15) is 0 Å². The zero-order chi connectivity index (χ0) is 22.1. The van der Waals surface area contributed by atoms with Crippen LogP contribution in [0, 0.1) is 13.8 Å². The molecule has 1 amide bonds. The maximum Gasteiger partial charge on any atom is 0.260 e. The Labute approximate surface area is 191 Å². The Morgan fingerprint density at radius 3 is 2.72 bits per heavy atom. The van der Waals surface area contributed by atoms with Crippen LogP contribution in [-0.4, -0.2) is 27.0 Å². The first-order valence-electron chi connectivity index (χ1n) is 10.7. The van der Waals surface area contributed by atoms with E-state index in [1.807, 2.05) is 52.1 Å². The van der Waals surface area contributed by atoms with Crippen molar-refractivity contribution in [1.29, 1.82) is 0 Å². The molecule has 0 radical (unpaired) electrons. The van der Waals surface area contributed by atoms with Gasteiger partial charge in [-0.2, -0.15) is 0 Å². The third kappa shape index (κ3) is 4.01. The van der Waals surface area contributed by atoms with E-state index in [4.69, 9.17) is 4.98 Å². The van der Waals surface area contributed by atoms with Crippen molar-refractivity contribution in [2.75, 3.05) is 11.4 Å². The predicted octanol–water partition coefficient (Wildman–Crippen LogP) is 6.00. The van der Waals surface area contributed by atoms with Crippen LogP contribution in [0.3, 0.4) is 0 Å². The van der Waals surface area contributed by atoms with Gasteiger partial charge in [-0.25, -0.2) is 9.97 Å². The number of rotatable bonds is 6. The summed E-state index contributed by atoms with van der Waals surface area (Å²) >= 11 is 1.59. The summed E-state index contributed by atoms with van der Waals surface area (Å²) in [6.07, 6.45) is 6.33. The molecule has 0 atom stereocenters. The highest BCUT2D eigenvalue weighted by Gasteiger charge is 2.22. The molecule has 0 saturated heterocycles. The highest BCUT2D eigenvalue weighted by Crippen LogP contribution is 2.33. The van der Waals surface area contributed by atoms with Gasteiger partial charge in [-0.1, -0.05) is 47.7 Å². The monoisotopic (exact) mass is 440 g/mol. The molecule has 2 aromatic heterocycles. The molecule has 5 rings (SSSR count). The summed E-state index contributed by atoms with van der Waals surface area (Å²) < 4.78 is 3.17. The number of carbonyl (C=O) groups is 1. The molecule has 160 valence electrons. The molecule has 6 heteroatoms. The van der Waals surface area contributed by atoms with Crippen molar-refractivity contribution >= 4 is 43.4 Å². The number of nitrogens with zero attached hydrogens (tertiary/aromatic N) is 4. The minimum atomic E-state index is -0.0187. The Hall–Kier alpha value is -3.51. The van der Waals surface area contributed by atoms with Gasteiger partial charge in [0.15, 0.2) is 5.13 Å². The summed E-state index contributed by atoms with van der Waals surface area (Å²) in [5.41, 5.74) is 4.01. The molecule has 0 spiro atoms. The number of aromatic nitrogens is 3. The number of fused-ring (bicyclic) bond motifs is 2. The van der Waals surface area contributed by atoms with E-state index in [2.05, 4.69) is 37.0 Å². The highest BCUT2D eigenvalue weighted by atomic mass is 32.1. The van der Waals surface area contributed by atoms with E-state index in [0.717, 1.165) is 39.1 Å². The number of thiazole rings is 1. The van der Waals surface area contributed by atoms with Gasteiger partial charge >= 0.3 is 0 Å². The molecule has 2 heterocycles. The second-order valence-corrected chi connectivity index (χ2v) is 9.08. The van der Waals surface area contributed by atoms with Crippen LogP contribution in [0.15, 0.2) is 73.3 Å². The van der Waals surface area contributed by atoms with Crippen LogP contribution in [0.25, 0.3) is 21.0 Å². The van der Waals surface area contributed by atoms with E-state index in [1.165, 1.54) is 11.1 Å². The molecule has 0 N–H and O–H groups in total. The largest absolute Gasteiger partial charge is 0.337 e. The Balaban J connectivity index is 1.50. The summed E-state index contributed by atoms with van der Waals surface area (Å²) in [5, 5.41) is 2.94. The van der Waals surface area contributed by atoms with E-state index >= 15 is 0 Å².